The number of rotatable bonds is 6. The molecule has 0 radical (unpaired) electrons. The highest BCUT2D eigenvalue weighted by molar-refractivity contribution is 8.01. The van der Waals surface area contributed by atoms with Crippen molar-refractivity contribution in [2.24, 2.45) is 5.10 Å². The van der Waals surface area contributed by atoms with Crippen LogP contribution in [0.4, 0.5) is 10.8 Å². The lowest BCUT2D eigenvalue weighted by atomic mass is 10.1. The van der Waals surface area contributed by atoms with E-state index in [1.165, 1.54) is 28.7 Å². The van der Waals surface area contributed by atoms with Gasteiger partial charge in [0.05, 0.1) is 18.0 Å². The SMILES string of the molecule is Cc1ccc(Nc2nnc(SCC(=O)N3CCC(c4ccccc4)=N3)s2)c(C)c1. The Labute approximate surface area is 178 Å². The maximum absolute atomic E-state index is 12.5. The van der Waals surface area contributed by atoms with Crippen LogP contribution in [-0.2, 0) is 4.79 Å². The Morgan fingerprint density at radius 2 is 2.00 bits per heavy atom. The summed E-state index contributed by atoms with van der Waals surface area (Å²) in [6, 6.07) is 16.2. The van der Waals surface area contributed by atoms with Crippen molar-refractivity contribution >= 4 is 45.5 Å². The number of anilines is 2. The molecular formula is C21H21N5OS2. The molecule has 3 aromatic rings. The van der Waals surface area contributed by atoms with Crippen molar-refractivity contribution in [2.45, 2.75) is 24.6 Å². The van der Waals surface area contributed by atoms with Crippen LogP contribution in [0.1, 0.15) is 23.1 Å². The van der Waals surface area contributed by atoms with Crippen LogP contribution in [0.25, 0.3) is 0 Å². The molecule has 0 bridgehead atoms. The zero-order valence-corrected chi connectivity index (χ0v) is 17.9. The lowest BCUT2D eigenvalue weighted by molar-refractivity contribution is -0.127. The van der Waals surface area contributed by atoms with E-state index in [1.807, 2.05) is 36.4 Å². The van der Waals surface area contributed by atoms with Crippen LogP contribution in [0.15, 0.2) is 58.0 Å². The largest absolute Gasteiger partial charge is 0.330 e. The van der Waals surface area contributed by atoms with Crippen LogP contribution >= 0.6 is 23.1 Å². The van der Waals surface area contributed by atoms with E-state index in [0.29, 0.717) is 12.3 Å². The molecule has 0 unspecified atom stereocenters. The number of carbonyl (C=O) groups excluding carboxylic acids is 1. The van der Waals surface area contributed by atoms with Gasteiger partial charge in [-0.25, -0.2) is 5.01 Å². The van der Waals surface area contributed by atoms with E-state index in [1.54, 1.807) is 5.01 Å². The summed E-state index contributed by atoms with van der Waals surface area (Å²) in [5, 5.41) is 18.4. The van der Waals surface area contributed by atoms with Crippen LogP contribution < -0.4 is 5.32 Å². The molecule has 148 valence electrons. The number of thioether (sulfide) groups is 1. The fraction of sp³-hybridized carbons (Fsp3) is 0.238. The lowest BCUT2D eigenvalue weighted by Crippen LogP contribution is -2.25. The molecule has 2 aromatic carbocycles. The standard InChI is InChI=1S/C21H21N5OS2/c1-14-8-9-17(15(2)12-14)22-20-23-24-21(29-20)28-13-19(27)26-11-10-18(25-26)16-6-4-3-5-7-16/h3-9,12H,10-11,13H2,1-2H3,(H,22,23). The van der Waals surface area contributed by atoms with Crippen LogP contribution in [0.3, 0.4) is 0 Å². The summed E-state index contributed by atoms with van der Waals surface area (Å²) in [6.07, 6.45) is 0.781. The first-order chi connectivity index (χ1) is 14.1. The van der Waals surface area contributed by atoms with Gasteiger partial charge in [0.2, 0.25) is 5.13 Å². The molecule has 0 saturated heterocycles. The lowest BCUT2D eigenvalue weighted by Gasteiger charge is -2.09. The predicted molar refractivity (Wildman–Crippen MR) is 119 cm³/mol. The number of carbonyl (C=O) groups is 1. The summed E-state index contributed by atoms with van der Waals surface area (Å²) in [7, 11) is 0. The van der Waals surface area contributed by atoms with Crippen molar-refractivity contribution < 1.29 is 4.79 Å². The molecule has 0 fully saturated rings. The molecule has 29 heavy (non-hydrogen) atoms. The molecule has 0 aliphatic carbocycles. The maximum atomic E-state index is 12.5. The third-order valence-corrected chi connectivity index (χ3v) is 6.50. The van der Waals surface area contributed by atoms with Crippen molar-refractivity contribution in [1.29, 1.82) is 0 Å². The maximum Gasteiger partial charge on any atom is 0.253 e. The average molecular weight is 424 g/mol. The van der Waals surface area contributed by atoms with Crippen LogP contribution in [0, 0.1) is 13.8 Å². The number of aromatic nitrogens is 2. The van der Waals surface area contributed by atoms with E-state index in [4.69, 9.17) is 0 Å². The van der Waals surface area contributed by atoms with Crippen molar-refractivity contribution in [3.63, 3.8) is 0 Å². The first-order valence-corrected chi connectivity index (χ1v) is 11.1. The van der Waals surface area contributed by atoms with Crippen LogP contribution in [0.5, 0.6) is 0 Å². The van der Waals surface area contributed by atoms with Gasteiger partial charge in [-0.3, -0.25) is 4.79 Å². The van der Waals surface area contributed by atoms with Crippen LogP contribution in [0.2, 0.25) is 0 Å². The Balaban J connectivity index is 1.33. The zero-order chi connectivity index (χ0) is 20.2. The highest BCUT2D eigenvalue weighted by Gasteiger charge is 2.22. The molecule has 1 aliphatic rings. The molecule has 4 rings (SSSR count). The molecule has 0 saturated carbocycles. The monoisotopic (exact) mass is 423 g/mol. The number of hydrogen-bond donors (Lipinski definition) is 1. The number of aryl methyl sites for hydroxylation is 2. The average Bonchev–Trinajstić information content (AvgIpc) is 3.39. The smallest absolute Gasteiger partial charge is 0.253 e. The van der Waals surface area contributed by atoms with Gasteiger partial charge in [-0.15, -0.1) is 10.2 Å². The van der Waals surface area contributed by atoms with E-state index in [9.17, 15) is 4.79 Å². The third-order valence-electron chi connectivity index (χ3n) is 4.55. The first-order valence-electron chi connectivity index (χ1n) is 9.32. The second-order valence-electron chi connectivity index (χ2n) is 6.78. The molecule has 1 amide bonds. The third kappa shape index (κ3) is 4.83. The first kappa shape index (κ1) is 19.6. The van der Waals surface area contributed by atoms with Gasteiger partial charge in [0.1, 0.15) is 0 Å². The molecule has 0 atom stereocenters. The number of nitrogens with one attached hydrogen (secondary N) is 1. The van der Waals surface area contributed by atoms with Crippen molar-refractivity contribution in [3.05, 3.63) is 65.2 Å². The molecule has 8 heteroatoms. The highest BCUT2D eigenvalue weighted by Crippen LogP contribution is 2.29. The summed E-state index contributed by atoms with van der Waals surface area (Å²) in [5.74, 6) is 0.282. The van der Waals surface area contributed by atoms with E-state index in [-0.39, 0.29) is 5.91 Å². The van der Waals surface area contributed by atoms with Crippen molar-refractivity contribution in [3.8, 4) is 0 Å². The summed E-state index contributed by atoms with van der Waals surface area (Å²) in [5.41, 5.74) is 5.42. The normalized spacial score (nSPS) is 13.4. The van der Waals surface area contributed by atoms with Crippen LogP contribution in [-0.4, -0.2) is 39.1 Å². The number of nitrogens with zero attached hydrogens (tertiary/aromatic N) is 4. The molecule has 2 heterocycles. The van der Waals surface area contributed by atoms with Crippen molar-refractivity contribution in [1.82, 2.24) is 15.2 Å². The van der Waals surface area contributed by atoms with Gasteiger partial charge in [0.25, 0.3) is 5.91 Å². The summed E-state index contributed by atoms with van der Waals surface area (Å²) in [4.78, 5) is 12.5. The Morgan fingerprint density at radius 3 is 2.79 bits per heavy atom. The van der Waals surface area contributed by atoms with E-state index >= 15 is 0 Å². The Bertz CT molecular complexity index is 1050. The summed E-state index contributed by atoms with van der Waals surface area (Å²) < 4.78 is 0.761. The van der Waals surface area contributed by atoms with Crippen molar-refractivity contribution in [2.75, 3.05) is 17.6 Å². The Kier molecular flexibility index (Phi) is 5.92. The zero-order valence-electron chi connectivity index (χ0n) is 16.3. The Hall–Kier alpha value is -2.71. The fourth-order valence-corrected chi connectivity index (χ4v) is 4.69. The summed E-state index contributed by atoms with van der Waals surface area (Å²) in [6.45, 7) is 4.75. The minimum atomic E-state index is -0.0139. The van der Waals surface area contributed by atoms with Gasteiger partial charge in [-0.1, -0.05) is 71.1 Å². The predicted octanol–water partition coefficient (Wildman–Crippen LogP) is 4.63. The molecule has 1 N–H and O–H groups in total. The number of hydrogen-bond acceptors (Lipinski definition) is 7. The number of benzene rings is 2. The van der Waals surface area contributed by atoms with E-state index < -0.39 is 0 Å². The second kappa shape index (κ2) is 8.75. The molecule has 1 aliphatic heterocycles. The molecular weight excluding hydrogens is 402 g/mol. The number of hydrazone groups is 1. The topological polar surface area (TPSA) is 70.5 Å². The van der Waals surface area contributed by atoms with Gasteiger partial charge in [0.15, 0.2) is 4.34 Å². The minimum Gasteiger partial charge on any atom is -0.330 e. The van der Waals surface area contributed by atoms with Gasteiger partial charge >= 0.3 is 0 Å². The fourth-order valence-electron chi connectivity index (χ4n) is 3.06. The molecule has 1 aromatic heterocycles. The second-order valence-corrected chi connectivity index (χ2v) is 8.98. The van der Waals surface area contributed by atoms with Gasteiger partial charge in [-0.2, -0.15) is 5.10 Å². The molecule has 6 nitrogen and oxygen atoms in total. The number of amides is 1. The van der Waals surface area contributed by atoms with Gasteiger partial charge in [-0.05, 0) is 31.0 Å². The van der Waals surface area contributed by atoms with E-state index in [0.717, 1.165) is 38.4 Å². The Morgan fingerprint density at radius 1 is 1.17 bits per heavy atom. The van der Waals surface area contributed by atoms with E-state index in [2.05, 4.69) is 46.6 Å². The quantitative estimate of drug-likeness (QED) is 0.586. The summed E-state index contributed by atoms with van der Waals surface area (Å²) >= 11 is 2.84. The van der Waals surface area contributed by atoms with Gasteiger partial charge < -0.3 is 5.32 Å². The minimum absolute atomic E-state index is 0.0139. The van der Waals surface area contributed by atoms with Gasteiger partial charge in [0, 0.05) is 12.1 Å². The molecule has 0 spiro atoms. The highest BCUT2D eigenvalue weighted by atomic mass is 32.2.